The zero-order valence-corrected chi connectivity index (χ0v) is 20.8. The second-order valence-corrected chi connectivity index (χ2v) is 9.55. The summed E-state index contributed by atoms with van der Waals surface area (Å²) in [6.45, 7) is 2.92. The largest absolute Gasteiger partial charge is 0.495 e. The SMILES string of the molecule is COc1ccc(Cl)cc1NC(=O)Cn1c(=O)n(-c2cccc(C(F)(F)F)c2)c(=O)c2c(C)c(C)sc21. The Morgan fingerprint density at radius 1 is 1.14 bits per heavy atom. The molecule has 4 rings (SSSR count). The average molecular weight is 538 g/mol. The van der Waals surface area contributed by atoms with Gasteiger partial charge in [-0.2, -0.15) is 13.2 Å². The van der Waals surface area contributed by atoms with Crippen LogP contribution < -0.4 is 21.3 Å². The van der Waals surface area contributed by atoms with E-state index in [0.717, 1.165) is 39.0 Å². The van der Waals surface area contributed by atoms with E-state index in [1.165, 1.54) is 19.2 Å². The molecule has 0 fully saturated rings. The molecule has 1 amide bonds. The van der Waals surface area contributed by atoms with Gasteiger partial charge in [0.1, 0.15) is 17.1 Å². The number of amides is 1. The van der Waals surface area contributed by atoms with Crippen molar-refractivity contribution < 1.29 is 22.7 Å². The van der Waals surface area contributed by atoms with Crippen LogP contribution in [-0.2, 0) is 17.5 Å². The second kappa shape index (κ2) is 9.47. The van der Waals surface area contributed by atoms with Gasteiger partial charge in [-0.1, -0.05) is 17.7 Å². The maximum absolute atomic E-state index is 13.5. The van der Waals surface area contributed by atoms with Gasteiger partial charge in [0.15, 0.2) is 0 Å². The van der Waals surface area contributed by atoms with Crippen molar-refractivity contribution in [2.45, 2.75) is 26.6 Å². The number of aryl methyl sites for hydroxylation is 2. The first-order valence-corrected chi connectivity index (χ1v) is 11.7. The van der Waals surface area contributed by atoms with Gasteiger partial charge in [0.05, 0.1) is 29.4 Å². The van der Waals surface area contributed by atoms with Crippen LogP contribution in [0, 0.1) is 13.8 Å². The third-order valence-corrected chi connectivity index (χ3v) is 7.09. The number of ether oxygens (including phenoxy) is 1. The molecule has 0 saturated heterocycles. The fraction of sp³-hybridized carbons (Fsp3) is 0.208. The van der Waals surface area contributed by atoms with Gasteiger partial charge in [0, 0.05) is 9.90 Å². The molecule has 188 valence electrons. The summed E-state index contributed by atoms with van der Waals surface area (Å²) in [5.74, 6) is -0.293. The minimum atomic E-state index is -4.67. The topological polar surface area (TPSA) is 82.3 Å². The van der Waals surface area contributed by atoms with Crippen LogP contribution in [0.4, 0.5) is 18.9 Å². The zero-order valence-electron chi connectivity index (χ0n) is 19.2. The van der Waals surface area contributed by atoms with Crippen molar-refractivity contribution in [3.63, 3.8) is 0 Å². The Morgan fingerprint density at radius 3 is 2.53 bits per heavy atom. The first kappa shape index (κ1) is 25.5. The summed E-state index contributed by atoms with van der Waals surface area (Å²) in [7, 11) is 1.41. The molecule has 0 radical (unpaired) electrons. The second-order valence-electron chi connectivity index (χ2n) is 7.91. The number of methoxy groups -OCH3 is 1. The van der Waals surface area contributed by atoms with E-state index in [0.29, 0.717) is 20.9 Å². The Labute approximate surface area is 211 Å². The van der Waals surface area contributed by atoms with E-state index in [1.807, 2.05) is 0 Å². The highest BCUT2D eigenvalue weighted by Crippen LogP contribution is 2.31. The number of aromatic nitrogens is 2. The van der Waals surface area contributed by atoms with Crippen molar-refractivity contribution in [2.24, 2.45) is 0 Å². The number of benzene rings is 2. The van der Waals surface area contributed by atoms with Crippen molar-refractivity contribution in [1.29, 1.82) is 0 Å². The highest BCUT2D eigenvalue weighted by atomic mass is 35.5. The molecular weight excluding hydrogens is 519 g/mol. The molecule has 7 nitrogen and oxygen atoms in total. The van der Waals surface area contributed by atoms with Gasteiger partial charge in [0.25, 0.3) is 5.56 Å². The number of rotatable bonds is 5. The van der Waals surface area contributed by atoms with Gasteiger partial charge in [-0.05, 0) is 55.8 Å². The van der Waals surface area contributed by atoms with Crippen molar-refractivity contribution in [1.82, 2.24) is 9.13 Å². The fourth-order valence-electron chi connectivity index (χ4n) is 3.76. The highest BCUT2D eigenvalue weighted by molar-refractivity contribution is 7.18. The number of hydrogen-bond donors (Lipinski definition) is 1. The predicted molar refractivity (Wildman–Crippen MR) is 133 cm³/mol. The Hall–Kier alpha value is -3.57. The number of carbonyl (C=O) groups excluding carboxylic acids is 1. The van der Waals surface area contributed by atoms with Crippen molar-refractivity contribution in [3.05, 3.63) is 84.3 Å². The van der Waals surface area contributed by atoms with Crippen LogP contribution in [0.5, 0.6) is 5.75 Å². The number of hydrogen-bond acceptors (Lipinski definition) is 5. The van der Waals surface area contributed by atoms with Crippen LogP contribution in [0.15, 0.2) is 52.1 Å². The fourth-order valence-corrected chi connectivity index (χ4v) is 5.07. The number of carbonyl (C=O) groups is 1. The van der Waals surface area contributed by atoms with Gasteiger partial charge in [0.2, 0.25) is 5.91 Å². The number of halogens is 4. The minimum Gasteiger partial charge on any atom is -0.495 e. The molecule has 0 bridgehead atoms. The summed E-state index contributed by atoms with van der Waals surface area (Å²) in [4.78, 5) is 40.8. The summed E-state index contributed by atoms with van der Waals surface area (Å²) >= 11 is 7.16. The van der Waals surface area contributed by atoms with Gasteiger partial charge in [-0.15, -0.1) is 11.3 Å². The number of fused-ring (bicyclic) bond motifs is 1. The number of nitrogens with one attached hydrogen (secondary N) is 1. The smallest absolute Gasteiger partial charge is 0.416 e. The Morgan fingerprint density at radius 2 is 1.86 bits per heavy atom. The zero-order chi connectivity index (χ0) is 26.4. The van der Waals surface area contributed by atoms with Crippen LogP contribution in [-0.4, -0.2) is 22.2 Å². The molecule has 0 aliphatic rings. The van der Waals surface area contributed by atoms with Crippen LogP contribution >= 0.6 is 22.9 Å². The summed E-state index contributed by atoms with van der Waals surface area (Å²) in [6.07, 6.45) is -4.67. The lowest BCUT2D eigenvalue weighted by Gasteiger charge is -2.15. The van der Waals surface area contributed by atoms with Gasteiger partial charge < -0.3 is 10.1 Å². The van der Waals surface area contributed by atoms with E-state index in [9.17, 15) is 27.6 Å². The van der Waals surface area contributed by atoms with Gasteiger partial charge in [-0.25, -0.2) is 9.36 Å². The molecule has 0 saturated carbocycles. The molecule has 0 aliphatic carbocycles. The third kappa shape index (κ3) is 4.63. The van der Waals surface area contributed by atoms with Crippen LogP contribution in [0.3, 0.4) is 0 Å². The summed E-state index contributed by atoms with van der Waals surface area (Å²) in [6, 6.07) is 8.53. The molecule has 12 heteroatoms. The summed E-state index contributed by atoms with van der Waals surface area (Å²) < 4.78 is 46.9. The molecule has 2 heterocycles. The van der Waals surface area contributed by atoms with Crippen molar-refractivity contribution >= 4 is 44.7 Å². The average Bonchev–Trinajstić information content (AvgIpc) is 3.11. The molecule has 36 heavy (non-hydrogen) atoms. The normalized spacial score (nSPS) is 11.6. The van der Waals surface area contributed by atoms with Gasteiger partial charge in [-0.3, -0.25) is 14.2 Å². The number of thiophene rings is 1. The molecular formula is C24H19ClF3N3O4S. The standard InChI is InChI=1S/C24H19ClF3N3O4S/c1-12-13(2)36-22-20(12)21(33)31(16-6-4-5-14(9-16)24(26,27)28)23(34)30(22)11-19(32)29-17-10-15(25)7-8-18(17)35-3/h4-10H,11H2,1-3H3,(H,29,32). The molecule has 4 aromatic rings. The van der Waals surface area contributed by atoms with Crippen LogP contribution in [0.2, 0.25) is 5.02 Å². The lowest BCUT2D eigenvalue weighted by molar-refractivity contribution is -0.137. The molecule has 0 spiro atoms. The molecule has 0 unspecified atom stereocenters. The van der Waals surface area contributed by atoms with E-state index in [4.69, 9.17) is 16.3 Å². The Bertz CT molecular complexity index is 1620. The van der Waals surface area contributed by atoms with E-state index >= 15 is 0 Å². The Kier molecular flexibility index (Phi) is 6.72. The van der Waals surface area contributed by atoms with Gasteiger partial charge >= 0.3 is 11.9 Å². The minimum absolute atomic E-state index is 0.155. The molecule has 2 aromatic carbocycles. The quantitative estimate of drug-likeness (QED) is 0.382. The van der Waals surface area contributed by atoms with E-state index in [2.05, 4.69) is 5.32 Å². The molecule has 1 N–H and O–H groups in total. The summed E-state index contributed by atoms with van der Waals surface area (Å²) in [5, 5.41) is 3.12. The molecule has 0 aliphatic heterocycles. The Balaban J connectivity index is 1.88. The van der Waals surface area contributed by atoms with E-state index in [-0.39, 0.29) is 21.6 Å². The maximum atomic E-state index is 13.5. The third-order valence-electron chi connectivity index (χ3n) is 5.62. The van der Waals surface area contributed by atoms with Crippen LogP contribution in [0.1, 0.15) is 16.0 Å². The first-order valence-electron chi connectivity index (χ1n) is 10.5. The lowest BCUT2D eigenvalue weighted by Crippen LogP contribution is -2.40. The lowest BCUT2D eigenvalue weighted by atomic mass is 10.2. The molecule has 0 atom stereocenters. The van der Waals surface area contributed by atoms with E-state index < -0.39 is 35.4 Å². The van der Waals surface area contributed by atoms with Crippen molar-refractivity contribution in [2.75, 3.05) is 12.4 Å². The molecule has 2 aromatic heterocycles. The monoisotopic (exact) mass is 537 g/mol. The first-order chi connectivity index (χ1) is 16.9. The summed E-state index contributed by atoms with van der Waals surface area (Å²) in [5.41, 5.74) is -2.13. The number of nitrogens with zero attached hydrogens (tertiary/aromatic N) is 2. The number of alkyl halides is 3. The van der Waals surface area contributed by atoms with E-state index in [1.54, 1.807) is 26.0 Å². The number of anilines is 1. The highest BCUT2D eigenvalue weighted by Gasteiger charge is 2.31. The van der Waals surface area contributed by atoms with Crippen LogP contribution in [0.25, 0.3) is 15.9 Å². The van der Waals surface area contributed by atoms with Crippen molar-refractivity contribution in [3.8, 4) is 11.4 Å². The maximum Gasteiger partial charge on any atom is 0.416 e. The predicted octanol–water partition coefficient (Wildman–Crippen LogP) is 5.15.